The molecule has 0 saturated heterocycles. The molecule has 0 aliphatic heterocycles. The van der Waals surface area contributed by atoms with E-state index in [2.05, 4.69) is 0 Å². The van der Waals surface area contributed by atoms with Crippen molar-refractivity contribution in [2.75, 3.05) is 0 Å². The molecule has 0 aromatic carbocycles. The first kappa shape index (κ1) is 153. The zero-order valence-electron chi connectivity index (χ0n) is 4.20. The van der Waals surface area contributed by atoms with Crippen LogP contribution < -0.4 is 0 Å². The van der Waals surface area contributed by atoms with Crippen LogP contribution in [0.5, 0.6) is 0 Å². The smallest absolute Gasteiger partial charge is 2.00 e. The molecule has 0 bridgehead atoms. The molecular formula is In2O5Sn2. The second-order valence-electron chi connectivity index (χ2n) is 0. The molecule has 44 valence electrons. The van der Waals surface area contributed by atoms with Crippen molar-refractivity contribution in [2.24, 2.45) is 0 Å². The van der Waals surface area contributed by atoms with Gasteiger partial charge in [-0.3, -0.25) is 0 Å². The van der Waals surface area contributed by atoms with Gasteiger partial charge in [0.15, 0.2) is 0 Å². The molecule has 0 aromatic heterocycles. The molecule has 0 unspecified atom stereocenters. The van der Waals surface area contributed by atoms with Gasteiger partial charge in [0.2, 0.25) is 0 Å². The molecule has 5 nitrogen and oxygen atoms in total. The van der Waals surface area contributed by atoms with E-state index in [1.165, 1.54) is 0 Å². The van der Waals surface area contributed by atoms with Gasteiger partial charge < -0.3 is 27.4 Å². The van der Waals surface area contributed by atoms with Gasteiger partial charge >= 0.3 is 99.5 Å². The van der Waals surface area contributed by atoms with Crippen molar-refractivity contribution in [1.29, 1.82) is 0 Å². The van der Waals surface area contributed by atoms with E-state index in [1.54, 1.807) is 0 Å². The van der Waals surface area contributed by atoms with Gasteiger partial charge in [0, 0.05) is 0 Å². The summed E-state index contributed by atoms with van der Waals surface area (Å²) in [6, 6.07) is 0. The van der Waals surface area contributed by atoms with Crippen LogP contribution in [-0.4, -0.2) is 99.5 Å². The van der Waals surface area contributed by atoms with E-state index >= 15 is 0 Å². The predicted octanol–water partition coefficient (Wildman–Crippen LogP) is -2.12. The van der Waals surface area contributed by atoms with Crippen LogP contribution in [0.25, 0.3) is 0 Å². The van der Waals surface area contributed by atoms with Crippen LogP contribution in [0.2, 0.25) is 0 Å². The topological polar surface area (TPSA) is 142 Å². The quantitative estimate of drug-likeness (QED) is 0.306. The van der Waals surface area contributed by atoms with Gasteiger partial charge in [-0.25, -0.2) is 0 Å². The fourth-order valence-electron chi connectivity index (χ4n) is 0. The first-order valence-electron chi connectivity index (χ1n) is 0. The first-order chi connectivity index (χ1) is 0. The summed E-state index contributed by atoms with van der Waals surface area (Å²) in [5.41, 5.74) is 0. The Morgan fingerprint density at radius 1 is 0.333 bits per heavy atom. The first-order valence-corrected chi connectivity index (χ1v) is 0. The van der Waals surface area contributed by atoms with E-state index in [9.17, 15) is 0 Å². The van der Waals surface area contributed by atoms with Crippen molar-refractivity contribution in [1.82, 2.24) is 0 Å². The molecule has 0 amide bonds. The summed E-state index contributed by atoms with van der Waals surface area (Å²) in [6.45, 7) is 0. The maximum Gasteiger partial charge on any atom is 3.00 e. The molecule has 9 heteroatoms. The van der Waals surface area contributed by atoms with Crippen LogP contribution in [0.1, 0.15) is 0 Å². The zero-order chi connectivity index (χ0) is 0. The third kappa shape index (κ3) is 94.5. The predicted molar refractivity (Wildman–Crippen MR) is 26.4 cm³/mol. The van der Waals surface area contributed by atoms with Crippen molar-refractivity contribution in [3.63, 3.8) is 0 Å². The Morgan fingerprint density at radius 2 is 0.333 bits per heavy atom. The molecule has 0 spiro atoms. The zero-order valence-corrected chi connectivity index (χ0v) is 16.5. The molecule has 4 radical (unpaired) electrons. The number of rotatable bonds is 0. The van der Waals surface area contributed by atoms with Gasteiger partial charge in [-0.1, -0.05) is 0 Å². The van der Waals surface area contributed by atoms with E-state index in [1.807, 2.05) is 0 Å². The summed E-state index contributed by atoms with van der Waals surface area (Å²) >= 11 is 0. The van der Waals surface area contributed by atoms with Crippen LogP contribution in [-0.2, 0) is 27.4 Å². The second-order valence-corrected chi connectivity index (χ2v) is 0. The van der Waals surface area contributed by atoms with Crippen LogP contribution in [0.4, 0.5) is 0 Å². The summed E-state index contributed by atoms with van der Waals surface area (Å²) in [5.74, 6) is 0. The SMILES string of the molecule is [In+3].[In+3].[O-2].[O-2].[O-2].[O-2].[O-2].[Sn+2].[Sn+2]. The average molecular weight is 547 g/mol. The summed E-state index contributed by atoms with van der Waals surface area (Å²) in [6.07, 6.45) is 0. The molecular weight excluding hydrogens is 547 g/mol. The average Bonchev–Trinajstić information content (AvgIpc) is 0. The molecule has 0 saturated carbocycles. The maximum atomic E-state index is 0. The third-order valence-electron chi connectivity index (χ3n) is 0. The van der Waals surface area contributed by atoms with Crippen LogP contribution in [0, 0.1) is 0 Å². The normalized spacial score (nSPS) is 0. The van der Waals surface area contributed by atoms with E-state index in [0.717, 1.165) is 0 Å². The van der Waals surface area contributed by atoms with Crippen LogP contribution in [0.15, 0.2) is 0 Å². The minimum Gasteiger partial charge on any atom is -2.00 e. The van der Waals surface area contributed by atoms with E-state index in [-0.39, 0.29) is 127 Å². The van der Waals surface area contributed by atoms with Crippen molar-refractivity contribution in [3.05, 3.63) is 0 Å². The van der Waals surface area contributed by atoms with E-state index < -0.39 is 0 Å². The minimum atomic E-state index is 0. The minimum absolute atomic E-state index is 0. The molecule has 0 heterocycles. The van der Waals surface area contributed by atoms with Crippen LogP contribution >= 0.6 is 0 Å². The molecule has 0 aliphatic carbocycles. The molecule has 0 rings (SSSR count). The Kier molecular flexibility index (Phi) is 1980. The van der Waals surface area contributed by atoms with Gasteiger partial charge in [0.05, 0.1) is 0 Å². The molecule has 9 heavy (non-hydrogen) atoms. The third-order valence-corrected chi connectivity index (χ3v) is 0. The summed E-state index contributed by atoms with van der Waals surface area (Å²) in [5, 5.41) is 0. The fourth-order valence-corrected chi connectivity index (χ4v) is 0. The summed E-state index contributed by atoms with van der Waals surface area (Å²) in [4.78, 5) is 0. The van der Waals surface area contributed by atoms with E-state index in [0.29, 0.717) is 0 Å². The van der Waals surface area contributed by atoms with Crippen molar-refractivity contribution in [2.45, 2.75) is 0 Å². The van der Waals surface area contributed by atoms with Gasteiger partial charge in [-0.05, 0) is 0 Å². The van der Waals surface area contributed by atoms with Gasteiger partial charge in [-0.2, -0.15) is 0 Å². The molecule has 0 aliphatic rings. The number of hydrogen-bond donors (Lipinski definition) is 0. The molecule has 0 fully saturated rings. The number of hydrogen-bond acceptors (Lipinski definition) is 0. The Morgan fingerprint density at radius 3 is 0.333 bits per heavy atom. The van der Waals surface area contributed by atoms with E-state index in [4.69, 9.17) is 0 Å². The Labute approximate surface area is 125 Å². The second kappa shape index (κ2) is 116. The van der Waals surface area contributed by atoms with Gasteiger partial charge in [-0.15, -0.1) is 0 Å². The monoisotopic (exact) mass is 550 g/mol. The molecule has 0 N–H and O–H groups in total. The van der Waals surface area contributed by atoms with Crippen molar-refractivity contribution < 1.29 is 27.4 Å². The fraction of sp³-hybridized carbons (Fsp3) is 0. The maximum absolute atomic E-state index is 0. The molecule has 0 atom stereocenters. The Bertz CT molecular complexity index is 12.9. The van der Waals surface area contributed by atoms with Crippen molar-refractivity contribution >= 4 is 99.5 Å². The summed E-state index contributed by atoms with van der Waals surface area (Å²) in [7, 11) is 0. The summed E-state index contributed by atoms with van der Waals surface area (Å²) < 4.78 is 0. The van der Waals surface area contributed by atoms with Gasteiger partial charge in [0.25, 0.3) is 0 Å². The Hall–Kier alpha value is 3.14. The van der Waals surface area contributed by atoms with Crippen molar-refractivity contribution in [3.8, 4) is 0 Å². The Balaban J connectivity index is 0. The largest absolute Gasteiger partial charge is 3.00 e. The van der Waals surface area contributed by atoms with Crippen LogP contribution in [0.3, 0.4) is 0 Å². The molecule has 0 aromatic rings. The standard InChI is InChI=1S/2In.5O.2Sn/q2*+3;5*-2;2*+2. The van der Waals surface area contributed by atoms with Gasteiger partial charge in [0.1, 0.15) is 0 Å².